The summed E-state index contributed by atoms with van der Waals surface area (Å²) in [5.74, 6) is 1.61. The van der Waals surface area contributed by atoms with Crippen molar-refractivity contribution >= 4 is 0 Å². The van der Waals surface area contributed by atoms with E-state index in [-0.39, 0.29) is 0 Å². The molecule has 1 aromatic heterocycles. The largest absolute Gasteiger partial charge is 0.493 e. The molecule has 2 rings (SSSR count). The van der Waals surface area contributed by atoms with Crippen LogP contribution in [0.4, 0.5) is 0 Å². The number of para-hydroxylation sites is 1. The van der Waals surface area contributed by atoms with E-state index < -0.39 is 0 Å². The number of hydrogen-bond donors (Lipinski definition) is 1. The van der Waals surface area contributed by atoms with Gasteiger partial charge in [-0.3, -0.25) is 0 Å². The first-order valence-corrected chi connectivity index (χ1v) is 7.35. The Kier molecular flexibility index (Phi) is 6.55. The normalized spacial score (nSPS) is 10.3. The molecule has 0 saturated heterocycles. The van der Waals surface area contributed by atoms with Crippen LogP contribution in [0.2, 0.25) is 0 Å². The van der Waals surface area contributed by atoms with Crippen molar-refractivity contribution in [3.8, 4) is 11.6 Å². The highest BCUT2D eigenvalue weighted by Crippen LogP contribution is 2.17. The molecule has 1 heterocycles. The number of aromatic nitrogens is 1. The summed E-state index contributed by atoms with van der Waals surface area (Å²) >= 11 is 0. The number of benzene rings is 1. The van der Waals surface area contributed by atoms with E-state index in [2.05, 4.69) is 23.3 Å². The molecule has 1 N–H and O–H groups in total. The van der Waals surface area contributed by atoms with Gasteiger partial charge in [-0.05, 0) is 18.6 Å². The number of ether oxygens (including phenoxy) is 2. The van der Waals surface area contributed by atoms with Gasteiger partial charge in [-0.1, -0.05) is 31.2 Å². The predicted molar refractivity (Wildman–Crippen MR) is 83.7 cm³/mol. The Balaban J connectivity index is 1.71. The molecule has 0 saturated carbocycles. The maximum Gasteiger partial charge on any atom is 0.213 e. The Hall–Kier alpha value is -2.07. The molecular weight excluding hydrogens is 264 g/mol. The maximum absolute atomic E-state index is 5.73. The van der Waals surface area contributed by atoms with Crippen molar-refractivity contribution in [1.29, 1.82) is 0 Å². The summed E-state index contributed by atoms with van der Waals surface area (Å²) in [6.07, 6.45) is 2.74. The number of pyridine rings is 1. The molecule has 4 heteroatoms. The highest BCUT2D eigenvalue weighted by atomic mass is 16.5. The SMILES string of the molecule is CCCOc1ccccc1CNCCOc1ccccn1. The molecule has 2 aromatic rings. The third-order valence-corrected chi connectivity index (χ3v) is 2.92. The molecule has 112 valence electrons. The van der Waals surface area contributed by atoms with Crippen LogP contribution < -0.4 is 14.8 Å². The van der Waals surface area contributed by atoms with Gasteiger partial charge in [-0.15, -0.1) is 0 Å². The van der Waals surface area contributed by atoms with Gasteiger partial charge in [-0.25, -0.2) is 4.98 Å². The van der Waals surface area contributed by atoms with Crippen molar-refractivity contribution < 1.29 is 9.47 Å². The summed E-state index contributed by atoms with van der Waals surface area (Å²) in [5, 5.41) is 3.36. The van der Waals surface area contributed by atoms with Crippen LogP contribution in [0.3, 0.4) is 0 Å². The second kappa shape index (κ2) is 8.97. The monoisotopic (exact) mass is 286 g/mol. The number of hydrogen-bond acceptors (Lipinski definition) is 4. The quantitative estimate of drug-likeness (QED) is 0.720. The van der Waals surface area contributed by atoms with Crippen LogP contribution in [-0.2, 0) is 6.54 Å². The lowest BCUT2D eigenvalue weighted by molar-refractivity contribution is 0.298. The zero-order valence-electron chi connectivity index (χ0n) is 12.4. The minimum atomic E-state index is 0.592. The molecule has 4 nitrogen and oxygen atoms in total. The lowest BCUT2D eigenvalue weighted by Crippen LogP contribution is -2.21. The Labute approximate surface area is 126 Å². The minimum absolute atomic E-state index is 0.592. The molecule has 0 fully saturated rings. The average Bonchev–Trinajstić information content (AvgIpc) is 2.54. The molecule has 0 aliphatic rings. The Morgan fingerprint density at radius 1 is 1.00 bits per heavy atom. The number of rotatable bonds is 9. The minimum Gasteiger partial charge on any atom is -0.493 e. The molecule has 0 aliphatic heterocycles. The van der Waals surface area contributed by atoms with E-state index in [0.29, 0.717) is 12.5 Å². The molecule has 0 spiro atoms. The van der Waals surface area contributed by atoms with Crippen LogP contribution in [0.25, 0.3) is 0 Å². The van der Waals surface area contributed by atoms with Gasteiger partial charge in [0.05, 0.1) is 6.61 Å². The van der Waals surface area contributed by atoms with E-state index in [1.54, 1.807) is 6.20 Å². The van der Waals surface area contributed by atoms with E-state index in [9.17, 15) is 0 Å². The predicted octanol–water partition coefficient (Wildman–Crippen LogP) is 3.04. The smallest absolute Gasteiger partial charge is 0.213 e. The van der Waals surface area contributed by atoms with Crippen LogP contribution in [0.5, 0.6) is 11.6 Å². The molecule has 0 radical (unpaired) electrons. The lowest BCUT2D eigenvalue weighted by Gasteiger charge is -2.11. The van der Waals surface area contributed by atoms with E-state index in [1.165, 1.54) is 5.56 Å². The first-order valence-electron chi connectivity index (χ1n) is 7.35. The summed E-state index contributed by atoms with van der Waals surface area (Å²) in [6.45, 7) is 4.98. The van der Waals surface area contributed by atoms with Crippen molar-refractivity contribution in [3.05, 3.63) is 54.2 Å². The summed E-state index contributed by atoms with van der Waals surface area (Å²) in [4.78, 5) is 4.11. The highest BCUT2D eigenvalue weighted by Gasteiger charge is 2.02. The molecule has 0 aliphatic carbocycles. The second-order valence-corrected chi connectivity index (χ2v) is 4.65. The highest BCUT2D eigenvalue weighted by molar-refractivity contribution is 5.33. The summed E-state index contributed by atoms with van der Waals surface area (Å²) in [7, 11) is 0. The fourth-order valence-corrected chi connectivity index (χ4v) is 1.89. The van der Waals surface area contributed by atoms with Crippen LogP contribution in [0.15, 0.2) is 48.7 Å². The fraction of sp³-hybridized carbons (Fsp3) is 0.353. The standard InChI is InChI=1S/C17H22N2O2/c1-2-12-20-16-8-4-3-7-15(16)14-18-11-13-21-17-9-5-6-10-19-17/h3-10,18H,2,11-14H2,1H3. The van der Waals surface area contributed by atoms with Crippen LogP contribution in [-0.4, -0.2) is 24.7 Å². The first-order chi connectivity index (χ1) is 10.4. The molecule has 0 unspecified atom stereocenters. The van der Waals surface area contributed by atoms with Crippen LogP contribution >= 0.6 is 0 Å². The molecule has 0 atom stereocenters. The third-order valence-electron chi connectivity index (χ3n) is 2.92. The van der Waals surface area contributed by atoms with Crippen molar-refractivity contribution in [3.63, 3.8) is 0 Å². The molecule has 1 aromatic carbocycles. The van der Waals surface area contributed by atoms with Gasteiger partial charge in [0.2, 0.25) is 5.88 Å². The molecule has 0 amide bonds. The summed E-state index contributed by atoms with van der Waals surface area (Å²) < 4.78 is 11.3. The van der Waals surface area contributed by atoms with Crippen molar-refractivity contribution in [1.82, 2.24) is 10.3 Å². The van der Waals surface area contributed by atoms with E-state index in [4.69, 9.17) is 9.47 Å². The van der Waals surface area contributed by atoms with Gasteiger partial charge in [0.1, 0.15) is 12.4 Å². The molecule has 0 bridgehead atoms. The van der Waals surface area contributed by atoms with Gasteiger partial charge in [0, 0.05) is 30.9 Å². The Morgan fingerprint density at radius 2 is 1.86 bits per heavy atom. The fourth-order valence-electron chi connectivity index (χ4n) is 1.89. The Morgan fingerprint density at radius 3 is 2.67 bits per heavy atom. The van der Waals surface area contributed by atoms with Gasteiger partial charge in [0.15, 0.2) is 0 Å². The van der Waals surface area contributed by atoms with Gasteiger partial charge >= 0.3 is 0 Å². The van der Waals surface area contributed by atoms with Gasteiger partial charge < -0.3 is 14.8 Å². The van der Waals surface area contributed by atoms with Crippen molar-refractivity contribution in [2.75, 3.05) is 19.8 Å². The topological polar surface area (TPSA) is 43.4 Å². The first kappa shape index (κ1) is 15.3. The van der Waals surface area contributed by atoms with Gasteiger partial charge in [0.25, 0.3) is 0 Å². The Bertz CT molecular complexity index is 517. The molecule has 21 heavy (non-hydrogen) atoms. The van der Waals surface area contributed by atoms with E-state index in [0.717, 1.165) is 31.9 Å². The summed E-state index contributed by atoms with van der Waals surface area (Å²) in [6, 6.07) is 13.8. The second-order valence-electron chi connectivity index (χ2n) is 4.65. The zero-order chi connectivity index (χ0) is 14.8. The van der Waals surface area contributed by atoms with Crippen molar-refractivity contribution in [2.24, 2.45) is 0 Å². The summed E-state index contributed by atoms with van der Waals surface area (Å²) in [5.41, 5.74) is 1.17. The van der Waals surface area contributed by atoms with Crippen molar-refractivity contribution in [2.45, 2.75) is 19.9 Å². The number of nitrogens with one attached hydrogen (secondary N) is 1. The lowest BCUT2D eigenvalue weighted by atomic mass is 10.2. The molecular formula is C17H22N2O2. The third kappa shape index (κ3) is 5.44. The maximum atomic E-state index is 5.73. The van der Waals surface area contributed by atoms with E-state index >= 15 is 0 Å². The average molecular weight is 286 g/mol. The van der Waals surface area contributed by atoms with E-state index in [1.807, 2.05) is 36.4 Å². The van der Waals surface area contributed by atoms with Crippen LogP contribution in [0.1, 0.15) is 18.9 Å². The van der Waals surface area contributed by atoms with Gasteiger partial charge in [-0.2, -0.15) is 0 Å². The van der Waals surface area contributed by atoms with Crippen LogP contribution in [0, 0.1) is 0 Å². The number of nitrogens with zero attached hydrogens (tertiary/aromatic N) is 1. The zero-order valence-corrected chi connectivity index (χ0v) is 12.4.